The number of esters is 4. The summed E-state index contributed by atoms with van der Waals surface area (Å²) >= 11 is 0. The van der Waals surface area contributed by atoms with Crippen LogP contribution in [-0.4, -0.2) is 48.3 Å². The van der Waals surface area contributed by atoms with Gasteiger partial charge in [-0.05, 0) is 59.8 Å². The van der Waals surface area contributed by atoms with Crippen LogP contribution in [0.3, 0.4) is 0 Å². The normalized spacial score (nSPS) is 31.7. The topological polar surface area (TPSA) is 105 Å². The summed E-state index contributed by atoms with van der Waals surface area (Å²) in [4.78, 5) is 50.4. The predicted octanol–water partition coefficient (Wildman–Crippen LogP) is 6.15. The Morgan fingerprint density at radius 2 is 1.51 bits per heavy atom. The van der Waals surface area contributed by atoms with Crippen LogP contribution in [0.2, 0.25) is 0 Å². The predicted molar refractivity (Wildman–Crippen MR) is 161 cm³/mol. The van der Waals surface area contributed by atoms with Gasteiger partial charge in [-0.1, -0.05) is 63.3 Å². The third-order valence-electron chi connectivity index (χ3n) is 9.49. The first-order chi connectivity index (χ1) is 20.1. The molecular weight excluding hydrogens is 548 g/mol. The van der Waals surface area contributed by atoms with Crippen molar-refractivity contribution in [2.75, 3.05) is 0 Å². The van der Waals surface area contributed by atoms with Crippen molar-refractivity contribution in [3.8, 4) is 0 Å². The first kappa shape index (κ1) is 32.2. The van der Waals surface area contributed by atoms with Gasteiger partial charge in [0.2, 0.25) is 0 Å². The molecule has 2 saturated carbocycles. The van der Waals surface area contributed by atoms with Crippen molar-refractivity contribution in [3.05, 3.63) is 65.3 Å². The Labute approximate surface area is 254 Å². The van der Waals surface area contributed by atoms with Gasteiger partial charge in [-0.2, -0.15) is 0 Å². The van der Waals surface area contributed by atoms with Gasteiger partial charge in [-0.15, -0.1) is 0 Å². The lowest BCUT2D eigenvalue weighted by Gasteiger charge is -2.58. The average Bonchev–Trinajstić information content (AvgIpc) is 2.87. The molecule has 0 heterocycles. The fourth-order valence-electron chi connectivity index (χ4n) is 8.07. The molecule has 43 heavy (non-hydrogen) atoms. The van der Waals surface area contributed by atoms with Gasteiger partial charge < -0.3 is 18.9 Å². The molecule has 0 aliphatic heterocycles. The maximum atomic E-state index is 13.3. The highest BCUT2D eigenvalue weighted by atomic mass is 16.6. The minimum atomic E-state index is -0.731. The Hall–Kier alpha value is -3.68. The van der Waals surface area contributed by atoms with Crippen LogP contribution in [0, 0.1) is 22.7 Å². The van der Waals surface area contributed by atoms with Crippen LogP contribution >= 0.6 is 0 Å². The maximum absolute atomic E-state index is 13.3. The molecule has 0 spiro atoms. The Morgan fingerprint density at radius 1 is 0.884 bits per heavy atom. The second kappa shape index (κ2) is 12.5. The van der Waals surface area contributed by atoms with Crippen LogP contribution in [0.1, 0.15) is 79.7 Å². The second-order valence-electron chi connectivity index (χ2n) is 13.1. The third-order valence-corrected chi connectivity index (χ3v) is 9.49. The number of ether oxygens (including phenoxy) is 4. The lowest BCUT2D eigenvalue weighted by atomic mass is 9.50. The van der Waals surface area contributed by atoms with Crippen molar-refractivity contribution < 1.29 is 38.1 Å². The Balaban J connectivity index is 1.86. The van der Waals surface area contributed by atoms with Gasteiger partial charge in [0.15, 0.2) is 0 Å². The molecule has 8 heteroatoms. The minimum Gasteiger partial charge on any atom is -0.462 e. The zero-order valence-electron chi connectivity index (χ0n) is 26.3. The van der Waals surface area contributed by atoms with Gasteiger partial charge in [0.05, 0.1) is 0 Å². The molecule has 7 atom stereocenters. The van der Waals surface area contributed by atoms with Gasteiger partial charge in [0.1, 0.15) is 24.4 Å². The van der Waals surface area contributed by atoms with Crippen molar-refractivity contribution in [2.24, 2.45) is 22.7 Å². The largest absolute Gasteiger partial charge is 0.462 e. The van der Waals surface area contributed by atoms with Gasteiger partial charge in [-0.25, -0.2) is 4.79 Å². The summed E-state index contributed by atoms with van der Waals surface area (Å²) in [5.74, 6) is -2.73. The van der Waals surface area contributed by atoms with Crippen LogP contribution < -0.4 is 0 Å². The minimum absolute atomic E-state index is 0.401. The molecule has 1 aromatic rings. The van der Waals surface area contributed by atoms with Crippen LogP contribution in [0.5, 0.6) is 0 Å². The molecule has 0 aromatic heterocycles. The van der Waals surface area contributed by atoms with Crippen molar-refractivity contribution in [1.82, 2.24) is 0 Å². The molecule has 0 N–H and O–H groups in total. The Kier molecular flexibility index (Phi) is 9.38. The highest BCUT2D eigenvalue weighted by Crippen LogP contribution is 2.60. The van der Waals surface area contributed by atoms with E-state index >= 15 is 0 Å². The number of hydrogen-bond acceptors (Lipinski definition) is 8. The van der Waals surface area contributed by atoms with E-state index in [1.807, 2.05) is 51.1 Å². The molecule has 4 rings (SSSR count). The van der Waals surface area contributed by atoms with Crippen molar-refractivity contribution in [1.29, 1.82) is 0 Å². The van der Waals surface area contributed by atoms with E-state index in [1.165, 1.54) is 26.8 Å². The van der Waals surface area contributed by atoms with Crippen LogP contribution in [0.4, 0.5) is 0 Å². The second-order valence-corrected chi connectivity index (χ2v) is 13.1. The lowest BCUT2D eigenvalue weighted by molar-refractivity contribution is -0.185. The molecule has 1 aromatic carbocycles. The first-order valence-corrected chi connectivity index (χ1v) is 15.0. The number of benzene rings is 1. The molecule has 3 aliphatic carbocycles. The maximum Gasteiger partial charge on any atom is 0.331 e. The fourth-order valence-corrected chi connectivity index (χ4v) is 8.07. The molecule has 2 bridgehead atoms. The molecule has 0 saturated heterocycles. The van der Waals surface area contributed by atoms with E-state index in [1.54, 1.807) is 6.08 Å². The van der Waals surface area contributed by atoms with Crippen molar-refractivity contribution in [2.45, 2.75) is 98.6 Å². The zero-order valence-corrected chi connectivity index (χ0v) is 26.3. The summed E-state index contributed by atoms with van der Waals surface area (Å²) in [6.07, 6.45) is 2.69. The summed E-state index contributed by atoms with van der Waals surface area (Å²) in [6.45, 7) is 16.6. The van der Waals surface area contributed by atoms with E-state index in [4.69, 9.17) is 18.9 Å². The summed E-state index contributed by atoms with van der Waals surface area (Å²) in [5.41, 5.74) is 2.19. The molecular formula is C35H44O8. The fraction of sp³-hybridized carbons (Fsp3) is 0.543. The molecule has 0 amide bonds. The molecule has 232 valence electrons. The van der Waals surface area contributed by atoms with Crippen LogP contribution in [0.15, 0.2) is 59.7 Å². The smallest absolute Gasteiger partial charge is 0.331 e. The molecule has 0 radical (unpaired) electrons. The standard InChI is InChI=1S/C35H44O8/c1-20-18-27(41-23(4)37)32-33(42-24(5)38)31-21(2)26(40-22(3)36)16-17-35(31,8)19-28(30(20)34(32,6)7)43-29(39)15-14-25-12-10-9-11-13-25/h9-15,26-28,31-33H,2,16-19H2,1,3-8H3/b15-14+/t26-,27-,28-,31-,32-,33-,35-/m0/s1. The van der Waals surface area contributed by atoms with E-state index in [2.05, 4.69) is 13.5 Å². The zero-order chi connectivity index (χ0) is 31.7. The number of carbonyl (C=O) groups excluding carboxylic acids is 4. The highest BCUT2D eigenvalue weighted by Gasteiger charge is 2.61. The molecule has 2 fully saturated rings. The Bertz CT molecular complexity index is 1340. The monoisotopic (exact) mass is 592 g/mol. The lowest BCUT2D eigenvalue weighted by Crippen LogP contribution is -2.60. The molecule has 8 nitrogen and oxygen atoms in total. The van der Waals surface area contributed by atoms with E-state index < -0.39 is 71.0 Å². The van der Waals surface area contributed by atoms with Crippen molar-refractivity contribution >= 4 is 30.0 Å². The molecule has 3 aliphatic rings. The summed E-state index contributed by atoms with van der Waals surface area (Å²) in [6, 6.07) is 9.53. The van der Waals surface area contributed by atoms with E-state index in [-0.39, 0.29) is 0 Å². The number of rotatable bonds is 6. The SMILES string of the molecule is C=C1[C@@H](OC(C)=O)CC[C@@]2(C)C[C@H](OC(=O)/C=C/c3ccccc3)C3=C(C)C[C@H](OC(C)=O)[C@@H]([C@@H](OC(C)=O)[C@H]12)C3(C)C. The van der Waals surface area contributed by atoms with Crippen molar-refractivity contribution in [3.63, 3.8) is 0 Å². The summed E-state index contributed by atoms with van der Waals surface area (Å²) < 4.78 is 24.1. The number of hydrogen-bond donors (Lipinski definition) is 0. The van der Waals surface area contributed by atoms with Gasteiger partial charge in [0, 0.05) is 45.1 Å². The highest BCUT2D eigenvalue weighted by molar-refractivity contribution is 5.87. The quantitative estimate of drug-likeness (QED) is 0.168. The van der Waals surface area contributed by atoms with E-state index in [9.17, 15) is 19.2 Å². The summed E-state index contributed by atoms with van der Waals surface area (Å²) in [5, 5.41) is 0. The summed E-state index contributed by atoms with van der Waals surface area (Å²) in [7, 11) is 0. The van der Waals surface area contributed by atoms with E-state index in [0.29, 0.717) is 31.3 Å². The molecule has 0 unspecified atom stereocenters. The third kappa shape index (κ3) is 6.78. The van der Waals surface area contributed by atoms with Crippen LogP contribution in [0.25, 0.3) is 6.08 Å². The Morgan fingerprint density at radius 3 is 2.12 bits per heavy atom. The average molecular weight is 593 g/mol. The van der Waals surface area contributed by atoms with E-state index in [0.717, 1.165) is 16.7 Å². The van der Waals surface area contributed by atoms with Gasteiger partial charge in [-0.3, -0.25) is 14.4 Å². The van der Waals surface area contributed by atoms with Gasteiger partial charge in [0.25, 0.3) is 0 Å². The number of carbonyl (C=O) groups is 4. The van der Waals surface area contributed by atoms with Gasteiger partial charge >= 0.3 is 23.9 Å². The van der Waals surface area contributed by atoms with Crippen LogP contribution in [-0.2, 0) is 38.1 Å². The first-order valence-electron chi connectivity index (χ1n) is 15.0. The number of fused-ring (bicyclic) bond motifs is 3.